The van der Waals surface area contributed by atoms with Gasteiger partial charge in [0.05, 0.1) is 6.04 Å². The van der Waals surface area contributed by atoms with Crippen LogP contribution in [0.15, 0.2) is 0 Å². The Morgan fingerprint density at radius 1 is 0.577 bits per heavy atom. The summed E-state index contributed by atoms with van der Waals surface area (Å²) in [4.78, 5) is 0. The second kappa shape index (κ2) is 18.2. The molecule has 0 rings (SSSR count). The summed E-state index contributed by atoms with van der Waals surface area (Å²) in [7, 11) is 0. The molecule has 0 aromatic rings. The average Bonchev–Trinajstić information content (AvgIpc) is 2.64. The molecule has 0 aromatic heterocycles. The SMILES string of the molecule is CCCCCCCCC(NCC)C(NCC)(NCCCC)NCCCC. The molecule has 0 heterocycles. The number of hydrogen-bond acceptors (Lipinski definition) is 4. The molecule has 0 saturated heterocycles. The van der Waals surface area contributed by atoms with Gasteiger partial charge in [-0.2, -0.15) is 0 Å². The van der Waals surface area contributed by atoms with Crippen LogP contribution in [-0.2, 0) is 0 Å². The first-order valence-corrected chi connectivity index (χ1v) is 11.7. The zero-order valence-corrected chi connectivity index (χ0v) is 18.7. The van der Waals surface area contributed by atoms with Crippen LogP contribution in [0.2, 0.25) is 0 Å². The van der Waals surface area contributed by atoms with Gasteiger partial charge in [-0.15, -0.1) is 0 Å². The summed E-state index contributed by atoms with van der Waals surface area (Å²) < 4.78 is 0. The Kier molecular flexibility index (Phi) is 18.1. The van der Waals surface area contributed by atoms with Crippen molar-refractivity contribution in [2.45, 2.75) is 117 Å². The van der Waals surface area contributed by atoms with Crippen LogP contribution in [0.3, 0.4) is 0 Å². The molecule has 0 aliphatic heterocycles. The van der Waals surface area contributed by atoms with Crippen molar-refractivity contribution in [1.82, 2.24) is 21.3 Å². The van der Waals surface area contributed by atoms with E-state index in [9.17, 15) is 0 Å². The summed E-state index contributed by atoms with van der Waals surface area (Å²) in [6, 6.07) is 0.410. The maximum atomic E-state index is 3.86. The molecule has 0 spiro atoms. The Labute approximate surface area is 165 Å². The first-order chi connectivity index (χ1) is 12.7. The standard InChI is InChI=1S/C22H50N4/c1-6-11-14-15-16-17-18-21(23-9-4)22(24-10-5,25-19-12-7-2)26-20-13-8-3/h21,23-26H,6-20H2,1-5H3. The third-order valence-electron chi connectivity index (χ3n) is 5.14. The summed E-state index contributed by atoms with van der Waals surface area (Å²) in [5.41, 5.74) is 0. The molecular weight excluding hydrogens is 320 g/mol. The van der Waals surface area contributed by atoms with Crippen molar-refractivity contribution >= 4 is 0 Å². The monoisotopic (exact) mass is 370 g/mol. The first-order valence-electron chi connectivity index (χ1n) is 11.7. The lowest BCUT2D eigenvalue weighted by atomic mass is 9.99. The van der Waals surface area contributed by atoms with Crippen LogP contribution in [0.4, 0.5) is 0 Å². The molecule has 0 bridgehead atoms. The van der Waals surface area contributed by atoms with E-state index in [-0.39, 0.29) is 5.79 Å². The van der Waals surface area contributed by atoms with Crippen molar-refractivity contribution in [1.29, 1.82) is 0 Å². The third kappa shape index (κ3) is 11.5. The molecule has 0 aromatic carbocycles. The minimum Gasteiger partial charge on any atom is -0.310 e. The third-order valence-corrected chi connectivity index (χ3v) is 5.14. The van der Waals surface area contributed by atoms with Gasteiger partial charge < -0.3 is 5.32 Å². The molecule has 0 amide bonds. The lowest BCUT2D eigenvalue weighted by Crippen LogP contribution is -2.75. The molecule has 26 heavy (non-hydrogen) atoms. The number of unbranched alkanes of at least 4 members (excludes halogenated alkanes) is 7. The maximum absolute atomic E-state index is 3.86. The van der Waals surface area contributed by atoms with Crippen molar-refractivity contribution in [3.8, 4) is 0 Å². The largest absolute Gasteiger partial charge is 0.310 e. The van der Waals surface area contributed by atoms with Crippen molar-refractivity contribution in [2.75, 3.05) is 26.2 Å². The van der Waals surface area contributed by atoms with Gasteiger partial charge in [0.25, 0.3) is 0 Å². The molecular formula is C22H50N4. The van der Waals surface area contributed by atoms with Crippen LogP contribution in [0.5, 0.6) is 0 Å². The van der Waals surface area contributed by atoms with E-state index in [1.54, 1.807) is 0 Å². The normalized spacial score (nSPS) is 13.3. The lowest BCUT2D eigenvalue weighted by molar-refractivity contribution is 0.129. The number of likely N-dealkylation sites (N-methyl/N-ethyl adjacent to an activating group) is 2. The Hall–Kier alpha value is -0.160. The van der Waals surface area contributed by atoms with Gasteiger partial charge in [-0.3, -0.25) is 16.0 Å². The summed E-state index contributed by atoms with van der Waals surface area (Å²) >= 11 is 0. The quantitative estimate of drug-likeness (QED) is 0.184. The zero-order valence-electron chi connectivity index (χ0n) is 18.7. The Morgan fingerprint density at radius 3 is 1.62 bits per heavy atom. The highest BCUT2D eigenvalue weighted by Gasteiger charge is 2.36. The minimum absolute atomic E-state index is 0.196. The number of nitrogens with one attached hydrogen (secondary N) is 4. The second-order valence-electron chi connectivity index (χ2n) is 7.57. The molecule has 0 radical (unpaired) electrons. The molecule has 158 valence electrons. The molecule has 0 fully saturated rings. The lowest BCUT2D eigenvalue weighted by Gasteiger charge is -2.44. The van der Waals surface area contributed by atoms with E-state index in [0.717, 1.165) is 26.2 Å². The molecule has 0 aliphatic carbocycles. The summed E-state index contributed by atoms with van der Waals surface area (Å²) in [5, 5.41) is 15.3. The van der Waals surface area contributed by atoms with E-state index in [2.05, 4.69) is 55.9 Å². The molecule has 4 nitrogen and oxygen atoms in total. The van der Waals surface area contributed by atoms with Crippen molar-refractivity contribution < 1.29 is 0 Å². The second-order valence-corrected chi connectivity index (χ2v) is 7.57. The highest BCUT2D eigenvalue weighted by Crippen LogP contribution is 2.15. The van der Waals surface area contributed by atoms with E-state index < -0.39 is 0 Å². The highest BCUT2D eigenvalue weighted by atomic mass is 15.4. The molecule has 4 N–H and O–H groups in total. The van der Waals surface area contributed by atoms with Gasteiger partial charge in [0.15, 0.2) is 0 Å². The van der Waals surface area contributed by atoms with Crippen LogP contribution < -0.4 is 21.3 Å². The van der Waals surface area contributed by atoms with Gasteiger partial charge in [-0.05, 0) is 45.4 Å². The summed E-state index contributed by atoms with van der Waals surface area (Å²) in [6.45, 7) is 15.3. The molecule has 1 atom stereocenters. The van der Waals surface area contributed by atoms with Crippen LogP contribution in [0.1, 0.15) is 105 Å². The number of rotatable bonds is 20. The average molecular weight is 371 g/mol. The van der Waals surface area contributed by atoms with E-state index >= 15 is 0 Å². The molecule has 1 unspecified atom stereocenters. The Morgan fingerprint density at radius 2 is 1.12 bits per heavy atom. The molecule has 0 saturated carbocycles. The van der Waals surface area contributed by atoms with Gasteiger partial charge in [0.2, 0.25) is 0 Å². The fraction of sp³-hybridized carbons (Fsp3) is 1.00. The van der Waals surface area contributed by atoms with E-state index in [0.29, 0.717) is 6.04 Å². The van der Waals surface area contributed by atoms with Crippen LogP contribution in [0, 0.1) is 0 Å². The summed E-state index contributed by atoms with van der Waals surface area (Å²) in [6.07, 6.45) is 14.3. The predicted molar refractivity (Wildman–Crippen MR) is 118 cm³/mol. The van der Waals surface area contributed by atoms with E-state index in [1.165, 1.54) is 70.6 Å². The zero-order chi connectivity index (χ0) is 19.5. The topological polar surface area (TPSA) is 48.1 Å². The predicted octanol–water partition coefficient (Wildman–Crippen LogP) is 4.76. The fourth-order valence-corrected chi connectivity index (χ4v) is 3.61. The van der Waals surface area contributed by atoms with Crippen LogP contribution in [0.25, 0.3) is 0 Å². The van der Waals surface area contributed by atoms with Gasteiger partial charge >= 0.3 is 0 Å². The first kappa shape index (κ1) is 25.8. The smallest absolute Gasteiger partial charge is 0.139 e. The van der Waals surface area contributed by atoms with E-state index in [4.69, 9.17) is 0 Å². The van der Waals surface area contributed by atoms with Crippen molar-refractivity contribution in [3.05, 3.63) is 0 Å². The summed E-state index contributed by atoms with van der Waals surface area (Å²) in [5.74, 6) is -0.196. The minimum atomic E-state index is -0.196. The van der Waals surface area contributed by atoms with Crippen molar-refractivity contribution in [2.24, 2.45) is 0 Å². The Bertz CT molecular complexity index is 273. The molecule has 4 heteroatoms. The van der Waals surface area contributed by atoms with Crippen molar-refractivity contribution in [3.63, 3.8) is 0 Å². The van der Waals surface area contributed by atoms with Gasteiger partial charge in [-0.1, -0.05) is 86.0 Å². The van der Waals surface area contributed by atoms with Gasteiger partial charge in [0.1, 0.15) is 5.79 Å². The van der Waals surface area contributed by atoms with Crippen LogP contribution in [-0.4, -0.2) is 38.0 Å². The van der Waals surface area contributed by atoms with E-state index in [1.807, 2.05) is 0 Å². The van der Waals surface area contributed by atoms with Crippen LogP contribution >= 0.6 is 0 Å². The maximum Gasteiger partial charge on any atom is 0.139 e. The Balaban J connectivity index is 4.89. The molecule has 0 aliphatic rings. The van der Waals surface area contributed by atoms with Gasteiger partial charge in [0, 0.05) is 0 Å². The highest BCUT2D eigenvalue weighted by molar-refractivity contribution is 4.94. The number of hydrogen-bond donors (Lipinski definition) is 4. The fourth-order valence-electron chi connectivity index (χ4n) is 3.61. The van der Waals surface area contributed by atoms with Gasteiger partial charge in [-0.25, -0.2) is 0 Å².